The molecule has 3 aromatic heterocycles. The summed E-state index contributed by atoms with van der Waals surface area (Å²) in [6.45, 7) is 0.627. The number of hydrogen-bond acceptors (Lipinski definition) is 5. The normalized spacial score (nSPS) is 10.8. The summed E-state index contributed by atoms with van der Waals surface area (Å²) >= 11 is 0. The van der Waals surface area contributed by atoms with Crippen molar-refractivity contribution < 1.29 is 5.11 Å². The van der Waals surface area contributed by atoms with Gasteiger partial charge in [0.2, 0.25) is 0 Å². The smallest absolute Gasteiger partial charge is 0.180 e. The number of aromatic nitrogens is 4. The maximum atomic E-state index is 9.44. The Morgan fingerprint density at radius 3 is 2.67 bits per heavy atom. The lowest BCUT2D eigenvalue weighted by atomic mass is 10.1. The van der Waals surface area contributed by atoms with Gasteiger partial charge in [0.25, 0.3) is 0 Å². The molecule has 0 radical (unpaired) electrons. The molecule has 4 rings (SSSR count). The predicted octanol–water partition coefficient (Wildman–Crippen LogP) is 3.11. The first-order valence-electron chi connectivity index (χ1n) is 7.55. The summed E-state index contributed by atoms with van der Waals surface area (Å²) in [6, 6.07) is 11.0. The molecule has 6 heteroatoms. The van der Waals surface area contributed by atoms with Gasteiger partial charge in [-0.3, -0.25) is 9.38 Å². The minimum Gasteiger partial charge on any atom is -0.508 e. The van der Waals surface area contributed by atoms with Gasteiger partial charge in [-0.1, -0.05) is 6.07 Å². The average Bonchev–Trinajstić information content (AvgIpc) is 3.06. The summed E-state index contributed by atoms with van der Waals surface area (Å²) in [5, 5.41) is 12.7. The van der Waals surface area contributed by atoms with Crippen molar-refractivity contribution in [2.45, 2.75) is 6.54 Å². The molecular formula is C18H15N5O. The first-order chi connectivity index (χ1) is 11.8. The van der Waals surface area contributed by atoms with Gasteiger partial charge in [-0.15, -0.1) is 0 Å². The van der Waals surface area contributed by atoms with Crippen LogP contribution in [0.5, 0.6) is 5.75 Å². The maximum absolute atomic E-state index is 9.44. The Kier molecular flexibility index (Phi) is 3.55. The number of phenols is 1. The van der Waals surface area contributed by atoms with Crippen LogP contribution in [0, 0.1) is 0 Å². The zero-order valence-electron chi connectivity index (χ0n) is 12.8. The fourth-order valence-corrected chi connectivity index (χ4v) is 2.58. The number of imidazole rings is 1. The van der Waals surface area contributed by atoms with Crippen LogP contribution >= 0.6 is 0 Å². The van der Waals surface area contributed by atoms with Crippen molar-refractivity contribution in [1.82, 2.24) is 19.4 Å². The zero-order chi connectivity index (χ0) is 16.4. The second-order valence-corrected chi connectivity index (χ2v) is 5.37. The van der Waals surface area contributed by atoms with Crippen molar-refractivity contribution in [3.8, 4) is 17.0 Å². The molecule has 118 valence electrons. The molecule has 0 atom stereocenters. The van der Waals surface area contributed by atoms with Crippen LogP contribution in [-0.2, 0) is 6.54 Å². The molecule has 24 heavy (non-hydrogen) atoms. The highest BCUT2D eigenvalue weighted by molar-refractivity contribution is 5.70. The minimum atomic E-state index is 0.244. The zero-order valence-corrected chi connectivity index (χ0v) is 12.8. The quantitative estimate of drug-likeness (QED) is 0.605. The van der Waals surface area contributed by atoms with Crippen molar-refractivity contribution in [3.05, 3.63) is 72.9 Å². The largest absolute Gasteiger partial charge is 0.508 e. The number of nitrogens with one attached hydrogen (secondary N) is 1. The van der Waals surface area contributed by atoms with Crippen LogP contribution in [0.15, 0.2) is 67.4 Å². The van der Waals surface area contributed by atoms with Gasteiger partial charge < -0.3 is 10.4 Å². The van der Waals surface area contributed by atoms with Crippen LogP contribution in [0.1, 0.15) is 5.56 Å². The van der Waals surface area contributed by atoms with E-state index in [1.807, 2.05) is 41.1 Å². The highest BCUT2D eigenvalue weighted by atomic mass is 16.3. The van der Waals surface area contributed by atoms with Gasteiger partial charge in [0.15, 0.2) is 11.5 Å². The lowest BCUT2D eigenvalue weighted by Crippen LogP contribution is -2.04. The van der Waals surface area contributed by atoms with Crippen molar-refractivity contribution in [3.63, 3.8) is 0 Å². The van der Waals surface area contributed by atoms with E-state index in [1.165, 1.54) is 0 Å². The molecule has 0 fully saturated rings. The lowest BCUT2D eigenvalue weighted by molar-refractivity contribution is 0.475. The number of fused-ring (bicyclic) bond motifs is 1. The first kappa shape index (κ1) is 14.2. The number of benzene rings is 1. The molecule has 0 spiro atoms. The standard InChI is InChI=1S/C18H15N5O/c24-15-5-3-14(4-6-15)16-12-22-18-17(20-8-9-23(16)18)21-11-13-2-1-7-19-10-13/h1-10,12,24H,11H2,(H,20,21). The van der Waals surface area contributed by atoms with Crippen molar-refractivity contribution >= 4 is 11.5 Å². The van der Waals surface area contributed by atoms with Gasteiger partial charge in [-0.25, -0.2) is 9.97 Å². The van der Waals surface area contributed by atoms with Crippen LogP contribution in [0.2, 0.25) is 0 Å². The van der Waals surface area contributed by atoms with E-state index in [4.69, 9.17) is 0 Å². The third-order valence-corrected chi connectivity index (χ3v) is 3.77. The molecular weight excluding hydrogens is 302 g/mol. The molecule has 1 aromatic carbocycles. The fraction of sp³-hybridized carbons (Fsp3) is 0.0556. The summed E-state index contributed by atoms with van der Waals surface area (Å²) in [5.41, 5.74) is 3.75. The number of pyridine rings is 1. The van der Waals surface area contributed by atoms with Crippen molar-refractivity contribution in [2.24, 2.45) is 0 Å². The Labute approximate surface area is 138 Å². The molecule has 0 aliphatic carbocycles. The van der Waals surface area contributed by atoms with E-state index >= 15 is 0 Å². The molecule has 6 nitrogen and oxygen atoms in total. The van der Waals surface area contributed by atoms with Gasteiger partial charge in [-0.2, -0.15) is 0 Å². The Hall–Kier alpha value is -3.41. The van der Waals surface area contributed by atoms with E-state index in [1.54, 1.807) is 30.7 Å². The number of rotatable bonds is 4. The molecule has 0 saturated heterocycles. The number of phenolic OH excluding ortho intramolecular Hbond substituents is 1. The molecule has 0 amide bonds. The van der Waals surface area contributed by atoms with Crippen molar-refractivity contribution in [2.75, 3.05) is 5.32 Å². The summed E-state index contributed by atoms with van der Waals surface area (Å²) in [4.78, 5) is 13.0. The third-order valence-electron chi connectivity index (χ3n) is 3.77. The summed E-state index contributed by atoms with van der Waals surface area (Å²) in [6.07, 6.45) is 8.99. The van der Waals surface area contributed by atoms with E-state index in [-0.39, 0.29) is 5.75 Å². The predicted molar refractivity (Wildman–Crippen MR) is 91.7 cm³/mol. The van der Waals surface area contributed by atoms with Gasteiger partial charge in [0.05, 0.1) is 11.9 Å². The number of nitrogens with zero attached hydrogens (tertiary/aromatic N) is 4. The third kappa shape index (κ3) is 2.65. The van der Waals surface area contributed by atoms with Crippen molar-refractivity contribution in [1.29, 1.82) is 0 Å². The second-order valence-electron chi connectivity index (χ2n) is 5.37. The van der Waals surface area contributed by atoms with Crippen LogP contribution in [0.3, 0.4) is 0 Å². The minimum absolute atomic E-state index is 0.244. The van der Waals surface area contributed by atoms with Crippen LogP contribution in [-0.4, -0.2) is 24.5 Å². The van der Waals surface area contributed by atoms with E-state index in [0.29, 0.717) is 12.4 Å². The highest BCUT2D eigenvalue weighted by Gasteiger charge is 2.10. The van der Waals surface area contributed by atoms with Crippen LogP contribution in [0.4, 0.5) is 5.82 Å². The number of anilines is 1. The van der Waals surface area contributed by atoms with Gasteiger partial charge in [-0.05, 0) is 35.9 Å². The Bertz CT molecular complexity index is 964. The fourth-order valence-electron chi connectivity index (χ4n) is 2.58. The molecule has 2 N–H and O–H groups in total. The summed E-state index contributed by atoms with van der Waals surface area (Å²) in [5.74, 6) is 0.958. The van der Waals surface area contributed by atoms with Gasteiger partial charge >= 0.3 is 0 Å². The molecule has 3 heterocycles. The van der Waals surface area contributed by atoms with Gasteiger partial charge in [0, 0.05) is 36.9 Å². The molecule has 0 unspecified atom stereocenters. The monoisotopic (exact) mass is 317 g/mol. The van der Waals surface area contributed by atoms with E-state index in [2.05, 4.69) is 20.3 Å². The van der Waals surface area contributed by atoms with E-state index < -0.39 is 0 Å². The molecule has 0 aliphatic heterocycles. The lowest BCUT2D eigenvalue weighted by Gasteiger charge is -2.07. The van der Waals surface area contributed by atoms with E-state index in [0.717, 1.165) is 22.5 Å². The molecule has 0 aliphatic rings. The number of aromatic hydroxyl groups is 1. The maximum Gasteiger partial charge on any atom is 0.180 e. The number of hydrogen-bond donors (Lipinski definition) is 2. The Morgan fingerprint density at radius 2 is 1.88 bits per heavy atom. The van der Waals surface area contributed by atoms with Gasteiger partial charge in [0.1, 0.15) is 5.75 Å². The second kappa shape index (κ2) is 6.00. The molecule has 0 bridgehead atoms. The van der Waals surface area contributed by atoms with Crippen LogP contribution < -0.4 is 5.32 Å². The Morgan fingerprint density at radius 1 is 1.00 bits per heavy atom. The molecule has 0 saturated carbocycles. The Balaban J connectivity index is 1.67. The topological polar surface area (TPSA) is 75.3 Å². The molecule has 4 aromatic rings. The van der Waals surface area contributed by atoms with Crippen LogP contribution in [0.25, 0.3) is 16.9 Å². The first-order valence-corrected chi connectivity index (χ1v) is 7.55. The summed E-state index contributed by atoms with van der Waals surface area (Å²) in [7, 11) is 0. The summed E-state index contributed by atoms with van der Waals surface area (Å²) < 4.78 is 1.98. The SMILES string of the molecule is Oc1ccc(-c2cnc3c(NCc4cccnc4)nccn23)cc1. The highest BCUT2D eigenvalue weighted by Crippen LogP contribution is 2.25. The average molecular weight is 317 g/mol. The van der Waals surface area contributed by atoms with E-state index in [9.17, 15) is 5.11 Å².